The zero-order valence-electron chi connectivity index (χ0n) is 16.8. The van der Waals surface area contributed by atoms with Gasteiger partial charge in [-0.25, -0.2) is 9.67 Å². The molecule has 0 saturated carbocycles. The summed E-state index contributed by atoms with van der Waals surface area (Å²) in [6, 6.07) is 1.94. The maximum atomic E-state index is 13.1. The molecule has 1 N–H and O–H groups in total. The van der Waals surface area contributed by atoms with Crippen molar-refractivity contribution in [1.82, 2.24) is 25.0 Å². The van der Waals surface area contributed by atoms with Gasteiger partial charge in [0.2, 0.25) is 0 Å². The van der Waals surface area contributed by atoms with Crippen molar-refractivity contribution >= 4 is 16.9 Å². The Labute approximate surface area is 150 Å². The topological polar surface area (TPSA) is 63.1 Å². The molecule has 0 aliphatic heterocycles. The van der Waals surface area contributed by atoms with Gasteiger partial charge < -0.3 is 10.2 Å². The lowest BCUT2D eigenvalue weighted by Gasteiger charge is -2.21. The predicted molar refractivity (Wildman–Crippen MR) is 102 cm³/mol. The lowest BCUT2D eigenvalue weighted by Crippen LogP contribution is -2.33. The van der Waals surface area contributed by atoms with Crippen LogP contribution in [0.1, 0.15) is 62.3 Å². The van der Waals surface area contributed by atoms with Crippen molar-refractivity contribution in [2.24, 2.45) is 0 Å². The lowest BCUT2D eigenvalue weighted by molar-refractivity contribution is 0.0798. The number of carbonyl (C=O) groups excluding carboxylic acids is 1. The summed E-state index contributed by atoms with van der Waals surface area (Å²) >= 11 is 0. The number of nitrogens with zero attached hydrogens (tertiary/aromatic N) is 4. The van der Waals surface area contributed by atoms with E-state index in [9.17, 15) is 4.79 Å². The van der Waals surface area contributed by atoms with Crippen LogP contribution in [0.2, 0.25) is 0 Å². The standard InChI is InChI=1S/C19H31N5O/c1-12(2)15-11-14(18(25)23(8)10-9-20-7)16-13(3)22-24(17(16)21-15)19(4,5)6/h11-12,20H,9-10H2,1-8H3. The maximum Gasteiger partial charge on any atom is 0.254 e. The van der Waals surface area contributed by atoms with E-state index >= 15 is 0 Å². The number of aromatic nitrogens is 3. The van der Waals surface area contributed by atoms with Crippen LogP contribution in [0, 0.1) is 6.92 Å². The minimum atomic E-state index is -0.201. The molecule has 0 saturated heterocycles. The van der Waals surface area contributed by atoms with E-state index < -0.39 is 0 Å². The molecule has 6 heteroatoms. The summed E-state index contributed by atoms with van der Waals surface area (Å²) in [5.74, 6) is 0.253. The Bertz CT molecular complexity index is 770. The smallest absolute Gasteiger partial charge is 0.254 e. The lowest BCUT2D eigenvalue weighted by atomic mass is 10.0. The predicted octanol–water partition coefficient (Wildman–Crippen LogP) is 2.91. The third-order valence-corrected chi connectivity index (χ3v) is 4.33. The Hall–Kier alpha value is -1.95. The van der Waals surface area contributed by atoms with Crippen molar-refractivity contribution in [3.63, 3.8) is 0 Å². The Morgan fingerprint density at radius 2 is 2.00 bits per heavy atom. The molecule has 0 aliphatic carbocycles. The van der Waals surface area contributed by atoms with Crippen molar-refractivity contribution in [2.45, 2.75) is 53.0 Å². The van der Waals surface area contributed by atoms with Gasteiger partial charge in [0.15, 0.2) is 5.65 Å². The molecule has 0 fully saturated rings. The van der Waals surface area contributed by atoms with E-state index in [0.717, 1.165) is 29.0 Å². The number of aryl methyl sites for hydroxylation is 1. The van der Waals surface area contributed by atoms with Crippen LogP contribution in [0.4, 0.5) is 0 Å². The third-order valence-electron chi connectivity index (χ3n) is 4.33. The Balaban J connectivity index is 2.70. The van der Waals surface area contributed by atoms with Gasteiger partial charge in [-0.05, 0) is 46.7 Å². The summed E-state index contributed by atoms with van der Waals surface area (Å²) < 4.78 is 1.94. The van der Waals surface area contributed by atoms with Crippen molar-refractivity contribution < 1.29 is 4.79 Å². The van der Waals surface area contributed by atoms with Crippen LogP contribution in [-0.2, 0) is 5.54 Å². The first-order chi connectivity index (χ1) is 11.6. The first kappa shape index (κ1) is 19.4. The zero-order valence-corrected chi connectivity index (χ0v) is 16.8. The Morgan fingerprint density at radius 1 is 1.36 bits per heavy atom. The van der Waals surface area contributed by atoms with Gasteiger partial charge in [-0.1, -0.05) is 13.8 Å². The Morgan fingerprint density at radius 3 is 2.52 bits per heavy atom. The fourth-order valence-corrected chi connectivity index (χ4v) is 2.83. The summed E-state index contributed by atoms with van der Waals surface area (Å²) in [6.45, 7) is 13.9. The second kappa shape index (κ2) is 7.12. The van der Waals surface area contributed by atoms with Crippen molar-refractivity contribution in [3.8, 4) is 0 Å². The van der Waals surface area contributed by atoms with Gasteiger partial charge in [0.1, 0.15) is 0 Å². The zero-order chi connectivity index (χ0) is 18.9. The second-order valence-corrected chi connectivity index (χ2v) is 7.95. The number of hydrogen-bond donors (Lipinski definition) is 1. The largest absolute Gasteiger partial charge is 0.340 e. The third kappa shape index (κ3) is 3.84. The molecule has 25 heavy (non-hydrogen) atoms. The van der Waals surface area contributed by atoms with E-state index in [2.05, 4.69) is 39.9 Å². The van der Waals surface area contributed by atoms with Crippen LogP contribution in [0.3, 0.4) is 0 Å². The fourth-order valence-electron chi connectivity index (χ4n) is 2.83. The number of likely N-dealkylation sites (N-methyl/N-ethyl adjacent to an activating group) is 2. The van der Waals surface area contributed by atoms with Gasteiger partial charge >= 0.3 is 0 Å². The van der Waals surface area contributed by atoms with Crippen molar-refractivity contribution in [1.29, 1.82) is 0 Å². The van der Waals surface area contributed by atoms with Gasteiger partial charge in [0, 0.05) is 25.8 Å². The van der Waals surface area contributed by atoms with E-state index in [0.29, 0.717) is 12.1 Å². The normalized spacial score (nSPS) is 12.2. The molecular weight excluding hydrogens is 314 g/mol. The number of hydrogen-bond acceptors (Lipinski definition) is 4. The molecule has 6 nitrogen and oxygen atoms in total. The molecule has 0 aromatic carbocycles. The summed E-state index contributed by atoms with van der Waals surface area (Å²) in [6.07, 6.45) is 0. The highest BCUT2D eigenvalue weighted by Gasteiger charge is 2.26. The summed E-state index contributed by atoms with van der Waals surface area (Å²) in [4.78, 5) is 19.7. The van der Waals surface area contributed by atoms with Gasteiger partial charge in [-0.15, -0.1) is 0 Å². The first-order valence-corrected chi connectivity index (χ1v) is 8.88. The first-order valence-electron chi connectivity index (χ1n) is 8.88. The summed E-state index contributed by atoms with van der Waals surface area (Å²) in [5.41, 5.74) is 3.05. The van der Waals surface area contributed by atoms with E-state index in [1.165, 1.54) is 0 Å². The van der Waals surface area contributed by atoms with Crippen LogP contribution < -0.4 is 5.32 Å². The van der Waals surface area contributed by atoms with Gasteiger partial charge in [0.25, 0.3) is 5.91 Å². The van der Waals surface area contributed by atoms with Crippen LogP contribution >= 0.6 is 0 Å². The number of pyridine rings is 1. The number of nitrogens with one attached hydrogen (secondary N) is 1. The van der Waals surface area contributed by atoms with Crippen LogP contribution in [0.5, 0.6) is 0 Å². The summed E-state index contributed by atoms with van der Waals surface area (Å²) in [5, 5.41) is 8.64. The molecule has 2 rings (SSSR count). The molecule has 0 aliphatic rings. The van der Waals surface area contributed by atoms with E-state index in [1.807, 2.05) is 31.8 Å². The molecule has 138 valence electrons. The van der Waals surface area contributed by atoms with Crippen LogP contribution in [-0.4, -0.2) is 52.8 Å². The molecule has 2 aromatic heterocycles. The number of carbonyl (C=O) groups is 1. The van der Waals surface area contributed by atoms with E-state index in [-0.39, 0.29) is 17.4 Å². The number of amides is 1. The van der Waals surface area contributed by atoms with Gasteiger partial charge in [-0.3, -0.25) is 4.79 Å². The Kier molecular flexibility index (Phi) is 5.52. The van der Waals surface area contributed by atoms with Crippen LogP contribution in [0.25, 0.3) is 11.0 Å². The van der Waals surface area contributed by atoms with Crippen molar-refractivity contribution in [2.75, 3.05) is 27.2 Å². The molecular formula is C19H31N5O. The van der Waals surface area contributed by atoms with E-state index in [4.69, 9.17) is 10.1 Å². The minimum Gasteiger partial charge on any atom is -0.340 e. The quantitative estimate of drug-likeness (QED) is 0.905. The molecule has 1 amide bonds. The maximum absolute atomic E-state index is 13.1. The van der Waals surface area contributed by atoms with Crippen molar-refractivity contribution in [3.05, 3.63) is 23.0 Å². The SMILES string of the molecule is CNCCN(C)C(=O)c1cc(C(C)C)nc2c1c(C)nn2C(C)(C)C. The molecule has 0 atom stereocenters. The van der Waals surface area contributed by atoms with Gasteiger partial charge in [0.05, 0.1) is 22.2 Å². The van der Waals surface area contributed by atoms with E-state index in [1.54, 1.807) is 4.90 Å². The second-order valence-electron chi connectivity index (χ2n) is 7.95. The summed E-state index contributed by atoms with van der Waals surface area (Å²) in [7, 11) is 3.72. The molecule has 0 radical (unpaired) electrons. The average Bonchev–Trinajstić information content (AvgIpc) is 2.88. The monoisotopic (exact) mass is 345 g/mol. The highest BCUT2D eigenvalue weighted by molar-refractivity contribution is 6.06. The molecule has 2 heterocycles. The highest BCUT2D eigenvalue weighted by atomic mass is 16.2. The molecule has 0 unspecified atom stereocenters. The molecule has 0 bridgehead atoms. The van der Waals surface area contributed by atoms with Crippen LogP contribution in [0.15, 0.2) is 6.07 Å². The molecule has 0 spiro atoms. The van der Waals surface area contributed by atoms with Gasteiger partial charge in [-0.2, -0.15) is 5.10 Å². The highest BCUT2D eigenvalue weighted by Crippen LogP contribution is 2.29. The molecule has 2 aromatic rings. The average molecular weight is 345 g/mol. The fraction of sp³-hybridized carbons (Fsp3) is 0.632. The number of fused-ring (bicyclic) bond motifs is 1. The minimum absolute atomic E-state index is 0.0149. The number of rotatable bonds is 5.